The fourth-order valence-electron chi connectivity index (χ4n) is 7.91. The predicted octanol–water partition coefficient (Wildman–Crippen LogP) is 9.01. The second-order valence-electron chi connectivity index (χ2n) is 13.4. The number of hydrogen-bond acceptors (Lipinski definition) is 4. The number of aromatic nitrogens is 3. The number of carboxylic acid groups (broad SMARTS) is 1. The Morgan fingerprint density at radius 2 is 1.81 bits per heavy atom. The Morgan fingerprint density at radius 3 is 2.58 bits per heavy atom. The van der Waals surface area contributed by atoms with Crippen LogP contribution >= 0.6 is 11.6 Å². The molecule has 254 valence electrons. The van der Waals surface area contributed by atoms with Crippen LogP contribution in [0.5, 0.6) is 5.75 Å². The number of ether oxygens (including phenoxy) is 1. The zero-order valence-corrected chi connectivity index (χ0v) is 29.7. The molecule has 3 aromatic carbocycles. The third kappa shape index (κ3) is 7.13. The number of carboxylic acids is 1. The van der Waals surface area contributed by atoms with Gasteiger partial charge in [-0.3, -0.25) is 9.48 Å². The molecule has 1 aliphatic rings. The Kier molecular flexibility index (Phi) is 10.8. The molecule has 2 aromatic heterocycles. The summed E-state index contributed by atoms with van der Waals surface area (Å²) in [6.45, 7) is 11.1. The Balaban J connectivity index is 1.35. The van der Waals surface area contributed by atoms with E-state index in [-0.39, 0.29) is 6.42 Å². The number of aliphatic carboxylic acids is 1. The number of aryl methyl sites for hydroxylation is 4. The number of hydrogen-bond donors (Lipinski definition) is 1. The molecule has 3 heterocycles. The molecule has 0 aliphatic carbocycles. The molecule has 1 aliphatic heterocycles. The molecule has 5 aromatic rings. The van der Waals surface area contributed by atoms with Crippen molar-refractivity contribution in [3.63, 3.8) is 0 Å². The van der Waals surface area contributed by atoms with Gasteiger partial charge in [0.05, 0.1) is 29.3 Å². The van der Waals surface area contributed by atoms with Crippen LogP contribution in [-0.2, 0) is 31.2 Å². The van der Waals surface area contributed by atoms with Crippen molar-refractivity contribution in [2.45, 2.75) is 78.7 Å². The largest absolute Gasteiger partial charge is 0.493 e. The zero-order valence-electron chi connectivity index (χ0n) is 28.9. The summed E-state index contributed by atoms with van der Waals surface area (Å²) in [5.41, 5.74) is 6.93. The molecule has 6 rings (SSSR count). The number of carbonyl (C=O) groups is 1. The molecule has 8 heteroatoms. The van der Waals surface area contributed by atoms with Crippen molar-refractivity contribution in [2.75, 3.05) is 26.2 Å². The lowest BCUT2D eigenvalue weighted by Crippen LogP contribution is -2.24. The lowest BCUT2D eigenvalue weighted by atomic mass is 9.95. The van der Waals surface area contributed by atoms with E-state index in [0.717, 1.165) is 93.5 Å². The summed E-state index contributed by atoms with van der Waals surface area (Å²) >= 11 is 7.08. The number of halogens is 1. The highest BCUT2D eigenvalue weighted by Gasteiger charge is 2.26. The number of nitrogens with zero attached hydrogens (tertiary/aromatic N) is 4. The van der Waals surface area contributed by atoms with Crippen molar-refractivity contribution in [2.24, 2.45) is 13.0 Å². The van der Waals surface area contributed by atoms with Gasteiger partial charge in [-0.15, -0.1) is 0 Å². The van der Waals surface area contributed by atoms with E-state index >= 15 is 0 Å². The van der Waals surface area contributed by atoms with Crippen molar-refractivity contribution >= 4 is 39.2 Å². The molecule has 0 amide bonds. The number of rotatable bonds is 13. The molecule has 0 radical (unpaired) electrons. The van der Waals surface area contributed by atoms with Gasteiger partial charge in [0, 0.05) is 46.9 Å². The van der Waals surface area contributed by atoms with Gasteiger partial charge < -0.3 is 19.3 Å². The molecule has 0 bridgehead atoms. The summed E-state index contributed by atoms with van der Waals surface area (Å²) in [7, 11) is 1.96. The van der Waals surface area contributed by atoms with Crippen molar-refractivity contribution in [1.29, 1.82) is 0 Å². The molecule has 1 N–H and O–H groups in total. The summed E-state index contributed by atoms with van der Waals surface area (Å²) in [5, 5.41) is 18.9. The van der Waals surface area contributed by atoms with E-state index in [1.165, 1.54) is 32.4 Å². The van der Waals surface area contributed by atoms with E-state index in [1.807, 2.05) is 49.0 Å². The van der Waals surface area contributed by atoms with Crippen LogP contribution in [0.2, 0.25) is 5.02 Å². The zero-order chi connectivity index (χ0) is 33.8. The van der Waals surface area contributed by atoms with Crippen LogP contribution in [-0.4, -0.2) is 56.6 Å². The van der Waals surface area contributed by atoms with Gasteiger partial charge in [0.1, 0.15) is 5.75 Å². The van der Waals surface area contributed by atoms with Gasteiger partial charge in [-0.05, 0) is 107 Å². The molecule has 7 nitrogen and oxygen atoms in total. The molecular weight excluding hydrogens is 620 g/mol. The fraction of sp³-hybridized carbons (Fsp3) is 0.450. The van der Waals surface area contributed by atoms with Gasteiger partial charge in [-0.2, -0.15) is 5.10 Å². The summed E-state index contributed by atoms with van der Waals surface area (Å²) < 4.78 is 10.5. The molecule has 48 heavy (non-hydrogen) atoms. The van der Waals surface area contributed by atoms with E-state index < -0.39 is 5.97 Å². The van der Waals surface area contributed by atoms with Crippen LogP contribution in [0.1, 0.15) is 68.1 Å². The van der Waals surface area contributed by atoms with Crippen molar-refractivity contribution in [1.82, 2.24) is 19.2 Å². The van der Waals surface area contributed by atoms with Crippen LogP contribution < -0.4 is 4.74 Å². The summed E-state index contributed by atoms with van der Waals surface area (Å²) in [6, 6.07) is 18.5. The number of fused-ring (bicyclic) bond motifs is 2. The molecule has 1 saturated heterocycles. The summed E-state index contributed by atoms with van der Waals surface area (Å²) in [4.78, 5) is 15.0. The van der Waals surface area contributed by atoms with Gasteiger partial charge in [-0.25, -0.2) is 0 Å². The third-order valence-electron chi connectivity index (χ3n) is 10.4. The minimum Gasteiger partial charge on any atom is -0.493 e. The average Bonchev–Trinajstić information content (AvgIpc) is 3.36. The van der Waals surface area contributed by atoms with Crippen LogP contribution in [0.15, 0.2) is 54.6 Å². The maximum absolute atomic E-state index is 12.5. The summed E-state index contributed by atoms with van der Waals surface area (Å²) in [6.07, 6.45) is 7.30. The SMILES string of the molecule is CCN1CCCC(CCCn2c(CC(=O)O)c(CCCOc3cccc4ccccc34)c3ccc(Cl)c(-c4c(C)nn(C)c4C)c32)CC1. The predicted molar refractivity (Wildman–Crippen MR) is 196 cm³/mol. The van der Waals surface area contributed by atoms with E-state index in [0.29, 0.717) is 24.0 Å². The standard InChI is InChI=1S/C40H49ClN4O3/c1-5-44-22-9-12-29(21-24-44)13-10-23-45-35(26-37(46)47)32(17-11-25-48-36-18-8-15-30-14-6-7-16-31(30)36)33-19-20-34(41)39(40(33)45)38-27(2)42-43(4)28(38)3/h6-8,14-16,18-20,29H,5,9-13,17,21-26H2,1-4H3,(H,46,47). The maximum atomic E-state index is 12.5. The maximum Gasteiger partial charge on any atom is 0.309 e. The average molecular weight is 669 g/mol. The third-order valence-corrected chi connectivity index (χ3v) is 10.7. The van der Waals surface area contributed by atoms with Crippen LogP contribution in [0.25, 0.3) is 32.8 Å². The van der Waals surface area contributed by atoms with Gasteiger partial charge >= 0.3 is 5.97 Å². The second kappa shape index (κ2) is 15.2. The second-order valence-corrected chi connectivity index (χ2v) is 13.8. The lowest BCUT2D eigenvalue weighted by Gasteiger charge is -2.18. The first-order valence-corrected chi connectivity index (χ1v) is 18.0. The van der Waals surface area contributed by atoms with E-state index in [1.54, 1.807) is 0 Å². The van der Waals surface area contributed by atoms with Gasteiger partial charge in [0.25, 0.3) is 0 Å². The lowest BCUT2D eigenvalue weighted by molar-refractivity contribution is -0.136. The number of benzene rings is 3. The highest BCUT2D eigenvalue weighted by molar-refractivity contribution is 6.35. The van der Waals surface area contributed by atoms with Gasteiger partial charge in [0.2, 0.25) is 0 Å². The van der Waals surface area contributed by atoms with E-state index in [9.17, 15) is 9.90 Å². The molecule has 1 fully saturated rings. The normalized spacial score (nSPS) is 15.7. The molecule has 0 saturated carbocycles. The van der Waals surface area contributed by atoms with E-state index in [2.05, 4.69) is 47.6 Å². The molecular formula is C40H49ClN4O3. The first-order chi connectivity index (χ1) is 23.3. The smallest absolute Gasteiger partial charge is 0.309 e. The molecule has 1 unspecified atom stereocenters. The van der Waals surface area contributed by atoms with Crippen LogP contribution in [0, 0.1) is 19.8 Å². The Morgan fingerprint density at radius 1 is 1.00 bits per heavy atom. The van der Waals surface area contributed by atoms with Crippen LogP contribution in [0.3, 0.4) is 0 Å². The van der Waals surface area contributed by atoms with Crippen molar-refractivity contribution < 1.29 is 14.6 Å². The van der Waals surface area contributed by atoms with Crippen molar-refractivity contribution in [3.05, 3.63) is 82.3 Å². The first-order valence-electron chi connectivity index (χ1n) is 17.6. The number of likely N-dealkylation sites (tertiary alicyclic amines) is 1. The molecule has 0 spiro atoms. The van der Waals surface area contributed by atoms with Crippen molar-refractivity contribution in [3.8, 4) is 16.9 Å². The van der Waals surface area contributed by atoms with Gasteiger partial charge in [-0.1, -0.05) is 61.0 Å². The Labute approximate surface area is 289 Å². The quantitative estimate of drug-likeness (QED) is 0.127. The monoisotopic (exact) mass is 668 g/mol. The molecule has 1 atom stereocenters. The highest BCUT2D eigenvalue weighted by atomic mass is 35.5. The minimum absolute atomic E-state index is 0.0366. The Bertz CT molecular complexity index is 1900. The first kappa shape index (κ1) is 34.1. The van der Waals surface area contributed by atoms with E-state index in [4.69, 9.17) is 21.4 Å². The Hall–Kier alpha value is -3.81. The fourth-order valence-corrected chi connectivity index (χ4v) is 8.16. The van der Waals surface area contributed by atoms with Gasteiger partial charge in [0.15, 0.2) is 0 Å². The minimum atomic E-state index is -0.822. The van der Waals surface area contributed by atoms with Crippen LogP contribution in [0.4, 0.5) is 0 Å². The summed E-state index contributed by atoms with van der Waals surface area (Å²) in [5.74, 6) is 0.749. The topological polar surface area (TPSA) is 72.5 Å². The highest BCUT2D eigenvalue weighted by Crippen LogP contribution is 2.42.